The molecule has 0 bridgehead atoms. The third kappa shape index (κ3) is 4.75. The molecule has 1 saturated heterocycles. The van der Waals surface area contributed by atoms with Crippen molar-refractivity contribution < 1.29 is 23.6 Å². The third-order valence-corrected chi connectivity index (χ3v) is 4.98. The molecule has 3 rings (SSSR count). The number of carbonyl (C=O) groups excluding carboxylic acids is 2. The highest BCUT2D eigenvalue weighted by atomic mass is 16.5. The van der Waals surface area contributed by atoms with E-state index in [-0.39, 0.29) is 43.2 Å². The van der Waals surface area contributed by atoms with E-state index in [4.69, 9.17) is 14.0 Å². The van der Waals surface area contributed by atoms with Crippen LogP contribution in [0.3, 0.4) is 0 Å². The summed E-state index contributed by atoms with van der Waals surface area (Å²) >= 11 is 0. The maximum atomic E-state index is 12.6. The van der Waals surface area contributed by atoms with Crippen molar-refractivity contribution in [3.63, 3.8) is 0 Å². The number of carbonyl (C=O) groups is 2. The molecule has 1 aliphatic heterocycles. The van der Waals surface area contributed by atoms with E-state index < -0.39 is 0 Å². The Hall–Kier alpha value is -2.20. The number of urea groups is 1. The molecule has 2 heterocycles. The Balaban J connectivity index is 1.55. The zero-order valence-electron chi connectivity index (χ0n) is 15.8. The molecule has 0 aromatic carbocycles. The van der Waals surface area contributed by atoms with Crippen LogP contribution in [0.1, 0.15) is 37.9 Å². The molecule has 27 heavy (non-hydrogen) atoms. The van der Waals surface area contributed by atoms with Gasteiger partial charge in [-0.2, -0.15) is 4.98 Å². The number of aromatic nitrogens is 2. The molecule has 1 aromatic heterocycles. The van der Waals surface area contributed by atoms with Gasteiger partial charge < -0.3 is 29.5 Å². The molecule has 2 aliphatic rings. The number of amides is 3. The minimum atomic E-state index is -0.175. The van der Waals surface area contributed by atoms with Crippen LogP contribution in [0.4, 0.5) is 4.79 Å². The number of nitrogens with zero attached hydrogens (tertiary/aromatic N) is 3. The Morgan fingerprint density at radius 3 is 2.96 bits per heavy atom. The predicted octanol–water partition coefficient (Wildman–Crippen LogP) is 0.431. The molecule has 1 saturated carbocycles. The lowest BCUT2D eigenvalue weighted by atomic mass is 9.81. The summed E-state index contributed by atoms with van der Waals surface area (Å²) in [5.74, 6) is 0.542. The van der Waals surface area contributed by atoms with Crippen molar-refractivity contribution in [2.24, 2.45) is 5.92 Å². The summed E-state index contributed by atoms with van der Waals surface area (Å²) in [6, 6.07) is -0.167. The van der Waals surface area contributed by atoms with E-state index in [1.54, 1.807) is 7.11 Å². The highest BCUT2D eigenvalue weighted by Crippen LogP contribution is 2.32. The predicted molar refractivity (Wildman–Crippen MR) is 93.5 cm³/mol. The standard InChI is InChI=1S/C17H27N5O5/c1-3-18-17(24)22-6-7-26-13-5-4-11(8-12(13)22)16(23)19-9-15-20-14(10-25-2)21-27-15/h11-13H,3-10H2,1-2H3,(H,18,24)(H,19,23)/t11-,12+,13+/m0/s1. The molecule has 150 valence electrons. The van der Waals surface area contributed by atoms with Gasteiger partial charge in [-0.1, -0.05) is 5.16 Å². The first-order chi connectivity index (χ1) is 13.1. The SMILES string of the molecule is CCNC(=O)N1CCO[C@@H]2CC[C@H](C(=O)NCc3nc(COC)no3)C[C@H]21. The van der Waals surface area contributed by atoms with Gasteiger partial charge in [0.2, 0.25) is 11.8 Å². The zero-order valence-corrected chi connectivity index (χ0v) is 15.8. The first kappa shape index (κ1) is 19.6. The smallest absolute Gasteiger partial charge is 0.317 e. The van der Waals surface area contributed by atoms with Gasteiger partial charge in [0.1, 0.15) is 6.61 Å². The van der Waals surface area contributed by atoms with Crippen LogP contribution in [-0.4, -0.2) is 65.9 Å². The Bertz CT molecular complexity index is 651. The number of fused-ring (bicyclic) bond motifs is 1. The van der Waals surface area contributed by atoms with E-state index in [0.29, 0.717) is 37.8 Å². The second-order valence-electron chi connectivity index (χ2n) is 6.77. The van der Waals surface area contributed by atoms with Crippen LogP contribution in [0.15, 0.2) is 4.52 Å². The van der Waals surface area contributed by atoms with E-state index >= 15 is 0 Å². The van der Waals surface area contributed by atoms with Crippen molar-refractivity contribution in [3.05, 3.63) is 11.7 Å². The average molecular weight is 381 g/mol. The van der Waals surface area contributed by atoms with Crippen LogP contribution in [0.5, 0.6) is 0 Å². The molecule has 0 radical (unpaired) electrons. The molecular formula is C17H27N5O5. The second-order valence-corrected chi connectivity index (χ2v) is 6.77. The Kier molecular flexibility index (Phi) is 6.62. The van der Waals surface area contributed by atoms with Gasteiger partial charge in [0, 0.05) is 26.1 Å². The summed E-state index contributed by atoms with van der Waals surface area (Å²) < 4.78 is 15.8. The molecule has 3 atom stereocenters. The molecule has 3 amide bonds. The van der Waals surface area contributed by atoms with Crippen LogP contribution in [-0.2, 0) is 27.4 Å². The average Bonchev–Trinajstić information content (AvgIpc) is 3.13. The molecule has 1 aromatic rings. The number of nitrogens with one attached hydrogen (secondary N) is 2. The Morgan fingerprint density at radius 1 is 1.33 bits per heavy atom. The van der Waals surface area contributed by atoms with E-state index in [0.717, 1.165) is 12.8 Å². The fourth-order valence-corrected chi connectivity index (χ4v) is 3.71. The fourth-order valence-electron chi connectivity index (χ4n) is 3.71. The largest absolute Gasteiger partial charge is 0.377 e. The summed E-state index contributed by atoms with van der Waals surface area (Å²) in [5.41, 5.74) is 0. The number of rotatable bonds is 6. The maximum Gasteiger partial charge on any atom is 0.317 e. The monoisotopic (exact) mass is 381 g/mol. The lowest BCUT2D eigenvalue weighted by Crippen LogP contribution is -2.59. The van der Waals surface area contributed by atoms with Gasteiger partial charge in [0.05, 0.1) is 25.3 Å². The summed E-state index contributed by atoms with van der Waals surface area (Å²) in [7, 11) is 1.55. The third-order valence-electron chi connectivity index (χ3n) is 4.98. The van der Waals surface area contributed by atoms with Crippen molar-refractivity contribution in [3.8, 4) is 0 Å². The first-order valence-corrected chi connectivity index (χ1v) is 9.36. The fraction of sp³-hybridized carbons (Fsp3) is 0.765. The number of morpholine rings is 1. The van der Waals surface area contributed by atoms with E-state index in [9.17, 15) is 9.59 Å². The van der Waals surface area contributed by atoms with Gasteiger partial charge in [0.15, 0.2) is 5.82 Å². The van der Waals surface area contributed by atoms with Crippen LogP contribution >= 0.6 is 0 Å². The summed E-state index contributed by atoms with van der Waals surface area (Å²) in [6.45, 7) is 3.99. The second kappa shape index (κ2) is 9.14. The minimum absolute atomic E-state index is 0.00190. The van der Waals surface area contributed by atoms with E-state index in [2.05, 4.69) is 20.8 Å². The van der Waals surface area contributed by atoms with Crippen molar-refractivity contribution >= 4 is 11.9 Å². The summed E-state index contributed by atoms with van der Waals surface area (Å²) in [6.07, 6.45) is 2.08. The van der Waals surface area contributed by atoms with Crippen molar-refractivity contribution in [1.82, 2.24) is 25.7 Å². The zero-order chi connectivity index (χ0) is 19.2. The number of hydrogen-bond donors (Lipinski definition) is 2. The van der Waals surface area contributed by atoms with Gasteiger partial charge in [-0.3, -0.25) is 4.79 Å². The highest BCUT2D eigenvalue weighted by Gasteiger charge is 2.41. The number of hydrogen-bond acceptors (Lipinski definition) is 7. The molecule has 0 spiro atoms. The molecule has 2 N–H and O–H groups in total. The number of ether oxygens (including phenoxy) is 2. The van der Waals surface area contributed by atoms with E-state index in [1.807, 2.05) is 11.8 Å². The Labute approximate surface area is 157 Å². The number of methoxy groups -OCH3 is 1. The highest BCUT2D eigenvalue weighted by molar-refractivity contribution is 5.79. The minimum Gasteiger partial charge on any atom is -0.377 e. The maximum absolute atomic E-state index is 12.6. The normalized spacial score (nSPS) is 25.0. The van der Waals surface area contributed by atoms with Crippen LogP contribution in [0.2, 0.25) is 0 Å². The first-order valence-electron chi connectivity index (χ1n) is 9.36. The lowest BCUT2D eigenvalue weighted by molar-refractivity contribution is -0.131. The molecule has 10 heteroatoms. The Morgan fingerprint density at radius 2 is 2.19 bits per heavy atom. The molecule has 10 nitrogen and oxygen atoms in total. The molecule has 1 aliphatic carbocycles. The van der Waals surface area contributed by atoms with Gasteiger partial charge in [-0.15, -0.1) is 0 Å². The molecule has 0 unspecified atom stereocenters. The molecule has 2 fully saturated rings. The van der Waals surface area contributed by atoms with Gasteiger partial charge in [-0.05, 0) is 26.2 Å². The van der Waals surface area contributed by atoms with Gasteiger partial charge in [-0.25, -0.2) is 4.79 Å². The van der Waals surface area contributed by atoms with E-state index in [1.165, 1.54) is 0 Å². The van der Waals surface area contributed by atoms with Crippen LogP contribution in [0.25, 0.3) is 0 Å². The summed E-state index contributed by atoms with van der Waals surface area (Å²) in [4.78, 5) is 30.9. The lowest BCUT2D eigenvalue weighted by Gasteiger charge is -2.45. The van der Waals surface area contributed by atoms with Gasteiger partial charge >= 0.3 is 6.03 Å². The molecular weight excluding hydrogens is 354 g/mol. The van der Waals surface area contributed by atoms with Crippen LogP contribution in [0, 0.1) is 5.92 Å². The van der Waals surface area contributed by atoms with Crippen LogP contribution < -0.4 is 10.6 Å². The quantitative estimate of drug-likeness (QED) is 0.733. The topological polar surface area (TPSA) is 119 Å². The van der Waals surface area contributed by atoms with Crippen molar-refractivity contribution in [2.45, 2.75) is 51.5 Å². The van der Waals surface area contributed by atoms with Crippen molar-refractivity contribution in [1.29, 1.82) is 0 Å². The van der Waals surface area contributed by atoms with Crippen molar-refractivity contribution in [2.75, 3.05) is 26.8 Å². The van der Waals surface area contributed by atoms with Gasteiger partial charge in [0.25, 0.3) is 0 Å². The summed E-state index contributed by atoms with van der Waals surface area (Å²) in [5, 5.41) is 9.46.